The van der Waals surface area contributed by atoms with Crippen molar-refractivity contribution in [3.63, 3.8) is 0 Å². The lowest BCUT2D eigenvalue weighted by Crippen LogP contribution is -2.24. The van der Waals surface area contributed by atoms with Gasteiger partial charge in [0.1, 0.15) is 17.5 Å². The highest BCUT2D eigenvalue weighted by molar-refractivity contribution is 7.14. The fourth-order valence-electron chi connectivity index (χ4n) is 2.47. The molecule has 0 fully saturated rings. The van der Waals surface area contributed by atoms with Crippen LogP contribution < -0.4 is 10.6 Å². The second-order valence-electron chi connectivity index (χ2n) is 6.08. The summed E-state index contributed by atoms with van der Waals surface area (Å²) in [5.74, 6) is -2.67. The molecule has 0 aliphatic rings. The van der Waals surface area contributed by atoms with Gasteiger partial charge in [0, 0.05) is 29.5 Å². The van der Waals surface area contributed by atoms with Gasteiger partial charge in [0.2, 0.25) is 5.91 Å². The van der Waals surface area contributed by atoms with E-state index in [1.165, 1.54) is 41.7 Å². The molecule has 0 aliphatic heterocycles. The molecule has 1 aromatic heterocycles. The summed E-state index contributed by atoms with van der Waals surface area (Å²) in [7, 11) is 0. The van der Waals surface area contributed by atoms with E-state index in [4.69, 9.17) is 0 Å². The van der Waals surface area contributed by atoms with Gasteiger partial charge in [0.15, 0.2) is 5.13 Å². The van der Waals surface area contributed by atoms with Crippen LogP contribution >= 0.6 is 11.3 Å². The number of nitrogens with one attached hydrogen (secondary N) is 2. The number of rotatable bonds is 7. The van der Waals surface area contributed by atoms with Crippen molar-refractivity contribution >= 4 is 28.3 Å². The second kappa shape index (κ2) is 9.33. The van der Waals surface area contributed by atoms with Gasteiger partial charge in [-0.05, 0) is 42.8 Å². The fourth-order valence-corrected chi connectivity index (χ4v) is 3.21. The highest BCUT2D eigenvalue weighted by Gasteiger charge is 2.12. The minimum Gasteiger partial charge on any atom is -0.352 e. The van der Waals surface area contributed by atoms with Crippen molar-refractivity contribution < 1.29 is 22.8 Å². The third kappa shape index (κ3) is 5.64. The Morgan fingerprint density at radius 2 is 1.69 bits per heavy atom. The van der Waals surface area contributed by atoms with Crippen molar-refractivity contribution in [2.75, 3.05) is 5.32 Å². The molecule has 0 unspecified atom stereocenters. The number of amides is 2. The quantitative estimate of drug-likeness (QED) is 0.607. The molecule has 3 aromatic rings. The molecule has 0 atom stereocenters. The molecule has 0 radical (unpaired) electrons. The van der Waals surface area contributed by atoms with Gasteiger partial charge in [0.25, 0.3) is 5.91 Å². The molecule has 2 amide bonds. The van der Waals surface area contributed by atoms with E-state index in [2.05, 4.69) is 15.6 Å². The van der Waals surface area contributed by atoms with Crippen LogP contribution in [-0.2, 0) is 17.8 Å². The first-order chi connectivity index (χ1) is 13.9. The van der Waals surface area contributed by atoms with Crippen LogP contribution in [0.25, 0.3) is 0 Å². The molecular weight excluding hydrogens is 403 g/mol. The Morgan fingerprint density at radius 1 is 1.00 bits per heavy atom. The molecule has 9 heteroatoms. The van der Waals surface area contributed by atoms with Crippen LogP contribution in [0.5, 0.6) is 0 Å². The summed E-state index contributed by atoms with van der Waals surface area (Å²) in [6, 6.07) is 8.61. The molecular formula is C20H16F3N3O2S. The van der Waals surface area contributed by atoms with Crippen LogP contribution in [0.15, 0.2) is 47.8 Å². The number of carbonyl (C=O) groups excluding carboxylic acids is 2. The van der Waals surface area contributed by atoms with E-state index in [9.17, 15) is 22.8 Å². The number of aryl methyl sites for hydroxylation is 1. The molecule has 2 N–H and O–H groups in total. The van der Waals surface area contributed by atoms with E-state index >= 15 is 0 Å². The van der Waals surface area contributed by atoms with Gasteiger partial charge >= 0.3 is 0 Å². The first-order valence-corrected chi connectivity index (χ1v) is 9.51. The maximum atomic E-state index is 13.5. The Bertz CT molecular complexity index is 1000. The molecule has 0 spiro atoms. The third-order valence-corrected chi connectivity index (χ3v) is 4.82. The van der Waals surface area contributed by atoms with Gasteiger partial charge in [-0.2, -0.15) is 0 Å². The fraction of sp³-hybridized carbons (Fsp3) is 0.150. The lowest BCUT2D eigenvalue weighted by atomic mass is 10.2. The van der Waals surface area contributed by atoms with Crippen LogP contribution in [0.1, 0.15) is 28.0 Å². The molecule has 3 rings (SSSR count). The molecule has 150 valence electrons. The molecule has 5 nitrogen and oxygen atoms in total. The van der Waals surface area contributed by atoms with Gasteiger partial charge in [0.05, 0.1) is 5.69 Å². The molecule has 0 saturated carbocycles. The van der Waals surface area contributed by atoms with Crippen molar-refractivity contribution in [2.45, 2.75) is 19.4 Å². The van der Waals surface area contributed by atoms with Crippen LogP contribution in [0, 0.1) is 17.5 Å². The number of nitrogens with zero attached hydrogens (tertiary/aromatic N) is 1. The SMILES string of the molecule is O=C(CCc1csc(NC(=O)c2ccc(F)cc2)n1)NCc1c(F)cccc1F. The van der Waals surface area contributed by atoms with Crippen LogP contribution in [-0.4, -0.2) is 16.8 Å². The highest BCUT2D eigenvalue weighted by Crippen LogP contribution is 2.18. The van der Waals surface area contributed by atoms with Gasteiger partial charge < -0.3 is 5.32 Å². The summed E-state index contributed by atoms with van der Waals surface area (Å²) in [4.78, 5) is 28.2. The van der Waals surface area contributed by atoms with E-state index in [1.807, 2.05) is 0 Å². The van der Waals surface area contributed by atoms with Crippen molar-refractivity contribution in [1.82, 2.24) is 10.3 Å². The summed E-state index contributed by atoms with van der Waals surface area (Å²) < 4.78 is 40.0. The van der Waals surface area contributed by atoms with Gasteiger partial charge in [-0.25, -0.2) is 18.2 Å². The van der Waals surface area contributed by atoms with Crippen LogP contribution in [0.4, 0.5) is 18.3 Å². The highest BCUT2D eigenvalue weighted by atomic mass is 32.1. The Kier molecular flexibility index (Phi) is 6.61. The van der Waals surface area contributed by atoms with Crippen LogP contribution in [0.3, 0.4) is 0 Å². The summed E-state index contributed by atoms with van der Waals surface area (Å²) in [6.07, 6.45) is 0.375. The van der Waals surface area contributed by atoms with Gasteiger partial charge in [-0.1, -0.05) is 6.07 Å². The first-order valence-electron chi connectivity index (χ1n) is 8.63. The predicted molar refractivity (Wildman–Crippen MR) is 103 cm³/mol. The maximum Gasteiger partial charge on any atom is 0.257 e. The van der Waals surface area contributed by atoms with Gasteiger partial charge in [-0.15, -0.1) is 11.3 Å². The summed E-state index contributed by atoms with van der Waals surface area (Å²) in [5.41, 5.74) is 0.694. The first kappa shape index (κ1) is 20.5. The molecule has 0 aliphatic carbocycles. The number of anilines is 1. The lowest BCUT2D eigenvalue weighted by Gasteiger charge is -2.07. The minimum atomic E-state index is -0.716. The van der Waals surface area contributed by atoms with E-state index in [1.54, 1.807) is 5.38 Å². The third-order valence-electron chi connectivity index (χ3n) is 4.01. The van der Waals surface area contributed by atoms with Gasteiger partial charge in [-0.3, -0.25) is 14.9 Å². The molecule has 2 aromatic carbocycles. The average Bonchev–Trinajstić information content (AvgIpc) is 3.14. The Balaban J connectivity index is 1.48. The number of thiazole rings is 1. The number of benzene rings is 2. The van der Waals surface area contributed by atoms with Crippen molar-refractivity contribution in [1.29, 1.82) is 0 Å². The Hall–Kier alpha value is -3.20. The lowest BCUT2D eigenvalue weighted by molar-refractivity contribution is -0.121. The zero-order valence-electron chi connectivity index (χ0n) is 15.0. The van der Waals surface area contributed by atoms with E-state index < -0.39 is 23.4 Å². The zero-order chi connectivity index (χ0) is 20.8. The molecule has 29 heavy (non-hydrogen) atoms. The molecule has 0 bridgehead atoms. The number of aromatic nitrogens is 1. The second-order valence-corrected chi connectivity index (χ2v) is 6.94. The summed E-state index contributed by atoms with van der Waals surface area (Å²) >= 11 is 1.19. The topological polar surface area (TPSA) is 71.1 Å². The van der Waals surface area contributed by atoms with E-state index in [0.29, 0.717) is 22.8 Å². The maximum absolute atomic E-state index is 13.5. The normalized spacial score (nSPS) is 10.6. The number of halogens is 3. The average molecular weight is 419 g/mol. The monoisotopic (exact) mass is 419 g/mol. The summed E-state index contributed by atoms with van der Waals surface area (Å²) in [6.45, 7) is -0.243. The van der Waals surface area contributed by atoms with Crippen molar-refractivity contribution in [3.05, 3.63) is 82.1 Å². The van der Waals surface area contributed by atoms with Crippen molar-refractivity contribution in [2.24, 2.45) is 0 Å². The zero-order valence-corrected chi connectivity index (χ0v) is 15.9. The minimum absolute atomic E-state index is 0.0746. The number of hydrogen-bond acceptors (Lipinski definition) is 4. The molecule has 0 saturated heterocycles. The summed E-state index contributed by atoms with van der Waals surface area (Å²) in [5, 5.41) is 7.13. The van der Waals surface area contributed by atoms with Crippen LogP contribution in [0.2, 0.25) is 0 Å². The number of carbonyl (C=O) groups is 2. The van der Waals surface area contributed by atoms with Crippen molar-refractivity contribution in [3.8, 4) is 0 Å². The Labute approximate surface area is 168 Å². The Morgan fingerprint density at radius 3 is 2.38 bits per heavy atom. The number of hydrogen-bond donors (Lipinski definition) is 2. The smallest absolute Gasteiger partial charge is 0.257 e. The largest absolute Gasteiger partial charge is 0.352 e. The van der Waals surface area contributed by atoms with E-state index in [0.717, 1.165) is 12.1 Å². The predicted octanol–water partition coefficient (Wildman–Crippen LogP) is 4.06. The standard InChI is InChI=1S/C20H16F3N3O2S/c21-13-6-4-12(5-7-13)19(28)26-20-25-14(11-29-20)8-9-18(27)24-10-15-16(22)2-1-3-17(15)23/h1-7,11H,8-10H2,(H,24,27)(H,25,26,28). The molecule has 1 heterocycles. The van der Waals surface area contributed by atoms with E-state index in [-0.39, 0.29) is 24.4 Å².